The van der Waals surface area contributed by atoms with Crippen LogP contribution in [0.2, 0.25) is 0 Å². The highest BCUT2D eigenvalue weighted by Crippen LogP contribution is 2.25. The first-order valence-corrected chi connectivity index (χ1v) is 7.49. The van der Waals surface area contributed by atoms with Crippen molar-refractivity contribution in [1.29, 1.82) is 0 Å². The number of rotatable bonds is 6. The smallest absolute Gasteiger partial charge is 0.288 e. The minimum absolute atomic E-state index is 0.0917. The highest BCUT2D eigenvalue weighted by Gasteiger charge is 2.09. The monoisotopic (exact) mass is 323 g/mol. The number of aliphatic hydroxyl groups is 1. The van der Waals surface area contributed by atoms with Crippen molar-refractivity contribution in [2.24, 2.45) is 0 Å². The van der Waals surface area contributed by atoms with E-state index in [1.165, 1.54) is 24.3 Å². The Labute approximate surface area is 131 Å². The largest absolute Gasteiger partial charge is 0.392 e. The van der Waals surface area contributed by atoms with Crippen molar-refractivity contribution in [3.63, 3.8) is 0 Å². The van der Waals surface area contributed by atoms with Crippen molar-refractivity contribution < 1.29 is 18.7 Å². The summed E-state index contributed by atoms with van der Waals surface area (Å²) >= 11 is 0.441. The van der Waals surface area contributed by atoms with Gasteiger partial charge in [-0.15, -0.1) is 0 Å². The fourth-order valence-electron chi connectivity index (χ4n) is 1.95. The maximum absolute atomic E-state index is 12.2. The summed E-state index contributed by atoms with van der Waals surface area (Å²) in [6.45, 7) is 0.203. The Morgan fingerprint density at radius 1 is 1.09 bits per heavy atom. The lowest BCUT2D eigenvalue weighted by atomic mass is 10.1. The number of alkyl halides is 2. The van der Waals surface area contributed by atoms with E-state index in [9.17, 15) is 18.7 Å². The molecule has 0 radical (unpaired) electrons. The predicted molar refractivity (Wildman–Crippen MR) is 81.8 cm³/mol. The van der Waals surface area contributed by atoms with E-state index in [1.54, 1.807) is 6.07 Å². The molecule has 0 atom stereocenters. The summed E-state index contributed by atoms with van der Waals surface area (Å²) in [6.07, 6.45) is 0. The third kappa shape index (κ3) is 4.54. The fourth-order valence-corrected chi connectivity index (χ4v) is 2.45. The Bertz CT molecular complexity index is 632. The van der Waals surface area contributed by atoms with Crippen molar-refractivity contribution in [2.75, 3.05) is 0 Å². The van der Waals surface area contributed by atoms with Crippen LogP contribution in [0.3, 0.4) is 0 Å². The number of amides is 1. The van der Waals surface area contributed by atoms with Crippen LogP contribution in [-0.4, -0.2) is 16.8 Å². The molecule has 0 spiro atoms. The van der Waals surface area contributed by atoms with Crippen molar-refractivity contribution >= 4 is 17.7 Å². The lowest BCUT2D eigenvalue weighted by Gasteiger charge is -2.09. The van der Waals surface area contributed by atoms with Crippen LogP contribution in [0.1, 0.15) is 21.5 Å². The van der Waals surface area contributed by atoms with Gasteiger partial charge in [0.05, 0.1) is 6.61 Å². The summed E-state index contributed by atoms with van der Waals surface area (Å²) in [6, 6.07) is 13.3. The van der Waals surface area contributed by atoms with Crippen LogP contribution in [0.4, 0.5) is 8.78 Å². The molecule has 0 aromatic heterocycles. The van der Waals surface area contributed by atoms with E-state index in [0.29, 0.717) is 28.8 Å². The summed E-state index contributed by atoms with van der Waals surface area (Å²) in [7, 11) is 0. The second kappa shape index (κ2) is 7.91. The van der Waals surface area contributed by atoms with Gasteiger partial charge in [-0.2, -0.15) is 8.78 Å². The second-order valence-corrected chi connectivity index (χ2v) is 5.58. The first-order valence-electron chi connectivity index (χ1n) is 6.61. The maximum Gasteiger partial charge on any atom is 0.288 e. The first kappa shape index (κ1) is 16.5. The Morgan fingerprint density at radius 2 is 1.73 bits per heavy atom. The second-order valence-electron chi connectivity index (χ2n) is 4.51. The molecule has 0 fully saturated rings. The van der Waals surface area contributed by atoms with Crippen LogP contribution < -0.4 is 5.32 Å². The molecule has 0 saturated heterocycles. The van der Waals surface area contributed by atoms with Crippen molar-refractivity contribution in [2.45, 2.75) is 23.8 Å². The molecule has 1 amide bonds. The summed E-state index contributed by atoms with van der Waals surface area (Å²) < 4.78 is 24.4. The third-order valence-corrected chi connectivity index (χ3v) is 3.79. The summed E-state index contributed by atoms with van der Waals surface area (Å²) in [5, 5.41) is 12.0. The minimum atomic E-state index is -2.48. The minimum Gasteiger partial charge on any atom is -0.392 e. The Hall–Kier alpha value is -1.92. The number of aliphatic hydroxyl groups excluding tert-OH is 1. The van der Waals surface area contributed by atoms with Gasteiger partial charge in [0.1, 0.15) is 0 Å². The van der Waals surface area contributed by atoms with Gasteiger partial charge in [0, 0.05) is 17.0 Å². The number of thioether (sulfide) groups is 1. The normalized spacial score (nSPS) is 10.7. The maximum atomic E-state index is 12.2. The predicted octanol–water partition coefficient (Wildman–Crippen LogP) is 3.42. The van der Waals surface area contributed by atoms with Crippen LogP contribution in [0.25, 0.3) is 0 Å². The molecule has 0 saturated carbocycles. The van der Waals surface area contributed by atoms with Gasteiger partial charge >= 0.3 is 0 Å². The lowest BCUT2D eigenvalue weighted by Crippen LogP contribution is -2.23. The highest BCUT2D eigenvalue weighted by atomic mass is 32.2. The van der Waals surface area contributed by atoms with Crippen molar-refractivity contribution in [3.8, 4) is 0 Å². The van der Waals surface area contributed by atoms with Crippen molar-refractivity contribution in [1.82, 2.24) is 5.32 Å². The zero-order valence-electron chi connectivity index (χ0n) is 11.6. The van der Waals surface area contributed by atoms with Gasteiger partial charge in [0.2, 0.25) is 0 Å². The van der Waals surface area contributed by atoms with Gasteiger partial charge in [-0.1, -0.05) is 36.0 Å². The molecule has 2 N–H and O–H groups in total. The molecule has 6 heteroatoms. The average molecular weight is 323 g/mol. The Morgan fingerprint density at radius 3 is 2.32 bits per heavy atom. The third-order valence-electron chi connectivity index (χ3n) is 3.07. The summed E-state index contributed by atoms with van der Waals surface area (Å²) in [4.78, 5) is 12.4. The number of carbonyl (C=O) groups is 1. The molecule has 0 aliphatic carbocycles. The molecule has 0 aliphatic heterocycles. The van der Waals surface area contributed by atoms with Gasteiger partial charge in [-0.25, -0.2) is 0 Å². The van der Waals surface area contributed by atoms with Crippen molar-refractivity contribution in [3.05, 3.63) is 65.2 Å². The lowest BCUT2D eigenvalue weighted by molar-refractivity contribution is 0.0950. The molecule has 2 aromatic carbocycles. The van der Waals surface area contributed by atoms with E-state index >= 15 is 0 Å². The fraction of sp³-hybridized carbons (Fsp3) is 0.188. The van der Waals surface area contributed by atoms with Gasteiger partial charge in [-0.3, -0.25) is 4.79 Å². The van der Waals surface area contributed by atoms with Crippen LogP contribution in [-0.2, 0) is 13.2 Å². The van der Waals surface area contributed by atoms with E-state index in [4.69, 9.17) is 0 Å². The molecule has 22 heavy (non-hydrogen) atoms. The van der Waals surface area contributed by atoms with E-state index in [2.05, 4.69) is 5.32 Å². The Kier molecular flexibility index (Phi) is 5.91. The number of halogens is 2. The number of nitrogens with one attached hydrogen (secondary N) is 1. The SMILES string of the molecule is O=C(NCc1ccccc1CO)c1ccc(SC(F)F)cc1. The van der Waals surface area contributed by atoms with E-state index in [-0.39, 0.29) is 12.5 Å². The summed E-state index contributed by atoms with van der Waals surface area (Å²) in [5.74, 6) is -2.77. The van der Waals surface area contributed by atoms with E-state index in [1.807, 2.05) is 18.2 Å². The molecule has 116 valence electrons. The molecule has 0 unspecified atom stereocenters. The zero-order valence-corrected chi connectivity index (χ0v) is 12.4. The molecule has 3 nitrogen and oxygen atoms in total. The van der Waals surface area contributed by atoms with Gasteiger partial charge < -0.3 is 10.4 Å². The molecule has 0 bridgehead atoms. The first-order chi connectivity index (χ1) is 10.6. The van der Waals surface area contributed by atoms with Crippen LogP contribution >= 0.6 is 11.8 Å². The number of benzene rings is 2. The number of hydrogen-bond acceptors (Lipinski definition) is 3. The molecule has 2 rings (SSSR count). The van der Waals surface area contributed by atoms with Crippen LogP contribution in [0, 0.1) is 0 Å². The average Bonchev–Trinajstić information content (AvgIpc) is 2.53. The molecule has 0 aliphatic rings. The van der Waals surface area contributed by atoms with Crippen LogP contribution in [0.15, 0.2) is 53.4 Å². The summed E-state index contributed by atoms with van der Waals surface area (Å²) in [5.41, 5.74) is 2.00. The quantitative estimate of drug-likeness (QED) is 0.801. The van der Waals surface area contributed by atoms with Crippen LogP contribution in [0.5, 0.6) is 0 Å². The number of carbonyl (C=O) groups excluding carboxylic acids is 1. The topological polar surface area (TPSA) is 49.3 Å². The molecular formula is C16H15F2NO2S. The highest BCUT2D eigenvalue weighted by molar-refractivity contribution is 7.99. The van der Waals surface area contributed by atoms with Gasteiger partial charge in [0.15, 0.2) is 0 Å². The van der Waals surface area contributed by atoms with Gasteiger partial charge in [0.25, 0.3) is 11.7 Å². The molecular weight excluding hydrogens is 308 g/mol. The molecule has 0 heterocycles. The molecule has 2 aromatic rings. The Balaban J connectivity index is 1.97. The van der Waals surface area contributed by atoms with E-state index < -0.39 is 5.76 Å². The zero-order chi connectivity index (χ0) is 15.9. The standard InChI is InChI=1S/C16H15F2NO2S/c17-16(18)22-14-7-5-11(6-8-14)15(21)19-9-12-3-1-2-4-13(12)10-20/h1-8,16,20H,9-10H2,(H,19,21). The number of hydrogen-bond donors (Lipinski definition) is 2. The van der Waals surface area contributed by atoms with Gasteiger partial charge in [-0.05, 0) is 35.4 Å². The van der Waals surface area contributed by atoms with E-state index in [0.717, 1.165) is 11.1 Å².